The summed E-state index contributed by atoms with van der Waals surface area (Å²) in [6.07, 6.45) is 3.78. The zero-order chi connectivity index (χ0) is 20.2. The minimum Gasteiger partial charge on any atom is -0.497 e. The maximum Gasteiger partial charge on any atom is 0.276 e. The molecule has 8 heteroatoms. The van der Waals surface area contributed by atoms with E-state index < -0.39 is 0 Å². The number of amides is 1. The number of methoxy groups -OCH3 is 1. The molecule has 0 aliphatic heterocycles. The van der Waals surface area contributed by atoms with Gasteiger partial charge in [-0.2, -0.15) is 16.4 Å². The SMILES string of the molecule is COc1cccc(-c2cc3c(=O)n(CCNC(=O)Cc4ccsc4)ccn3n2)c1. The Bertz CT molecular complexity index is 1190. The highest BCUT2D eigenvalue weighted by atomic mass is 32.1. The number of nitrogens with zero attached hydrogens (tertiary/aromatic N) is 3. The summed E-state index contributed by atoms with van der Waals surface area (Å²) in [5.74, 6) is 0.678. The molecule has 0 saturated carbocycles. The van der Waals surface area contributed by atoms with Crippen molar-refractivity contribution in [1.29, 1.82) is 0 Å². The van der Waals surface area contributed by atoms with Crippen LogP contribution in [0, 0.1) is 0 Å². The molecule has 7 nitrogen and oxygen atoms in total. The van der Waals surface area contributed by atoms with E-state index >= 15 is 0 Å². The number of hydrogen-bond acceptors (Lipinski definition) is 5. The molecule has 3 heterocycles. The van der Waals surface area contributed by atoms with Gasteiger partial charge in [0.25, 0.3) is 5.56 Å². The zero-order valence-corrected chi connectivity index (χ0v) is 16.7. The lowest BCUT2D eigenvalue weighted by molar-refractivity contribution is -0.120. The summed E-state index contributed by atoms with van der Waals surface area (Å²) in [7, 11) is 1.61. The van der Waals surface area contributed by atoms with Gasteiger partial charge in [-0.15, -0.1) is 0 Å². The molecule has 0 atom stereocenters. The van der Waals surface area contributed by atoms with E-state index in [9.17, 15) is 9.59 Å². The standard InChI is InChI=1S/C21H20N4O3S/c1-28-17-4-2-3-16(12-17)18-13-19-21(27)24(8-9-25(19)23-18)7-6-22-20(26)11-15-5-10-29-14-15/h2-5,8-10,12-14H,6-7,11H2,1H3,(H,22,26). The second kappa shape index (κ2) is 8.32. The van der Waals surface area contributed by atoms with Gasteiger partial charge in [-0.25, -0.2) is 4.52 Å². The van der Waals surface area contributed by atoms with Gasteiger partial charge in [0, 0.05) is 31.0 Å². The Hall–Kier alpha value is -3.39. The minimum absolute atomic E-state index is 0.0535. The normalized spacial score (nSPS) is 10.9. The van der Waals surface area contributed by atoms with Crippen molar-refractivity contribution in [2.24, 2.45) is 0 Å². The molecular weight excluding hydrogens is 388 g/mol. The molecule has 1 N–H and O–H groups in total. The number of ether oxygens (including phenoxy) is 1. The fourth-order valence-corrected chi connectivity index (χ4v) is 3.75. The van der Waals surface area contributed by atoms with Crippen LogP contribution < -0.4 is 15.6 Å². The number of carbonyl (C=O) groups excluding carboxylic acids is 1. The van der Waals surface area contributed by atoms with Gasteiger partial charge in [0.2, 0.25) is 5.91 Å². The van der Waals surface area contributed by atoms with Crippen LogP contribution in [0.2, 0.25) is 0 Å². The number of aromatic nitrogens is 3. The number of fused-ring (bicyclic) bond motifs is 1. The van der Waals surface area contributed by atoms with Crippen LogP contribution in [0.15, 0.2) is 64.3 Å². The van der Waals surface area contributed by atoms with Crippen molar-refractivity contribution in [1.82, 2.24) is 19.5 Å². The van der Waals surface area contributed by atoms with Crippen LogP contribution in [0.4, 0.5) is 0 Å². The molecule has 0 aliphatic carbocycles. The Balaban J connectivity index is 1.47. The van der Waals surface area contributed by atoms with Gasteiger partial charge < -0.3 is 14.6 Å². The third-order valence-corrected chi connectivity index (χ3v) is 5.32. The van der Waals surface area contributed by atoms with Gasteiger partial charge in [0.1, 0.15) is 11.3 Å². The zero-order valence-electron chi connectivity index (χ0n) is 15.9. The molecule has 0 unspecified atom stereocenters. The number of thiophene rings is 1. The minimum atomic E-state index is -0.152. The van der Waals surface area contributed by atoms with Crippen LogP contribution >= 0.6 is 11.3 Å². The molecule has 0 radical (unpaired) electrons. The molecule has 1 aromatic carbocycles. The molecular formula is C21H20N4O3S. The molecule has 0 bridgehead atoms. The second-order valence-electron chi connectivity index (χ2n) is 6.55. The van der Waals surface area contributed by atoms with Crippen molar-refractivity contribution in [3.63, 3.8) is 0 Å². The van der Waals surface area contributed by atoms with Gasteiger partial charge >= 0.3 is 0 Å². The van der Waals surface area contributed by atoms with Crippen molar-refractivity contribution in [3.8, 4) is 17.0 Å². The predicted octanol–water partition coefficient (Wildman–Crippen LogP) is 2.59. The van der Waals surface area contributed by atoms with Crippen molar-refractivity contribution < 1.29 is 9.53 Å². The molecule has 0 fully saturated rings. The van der Waals surface area contributed by atoms with Gasteiger partial charge in [0.05, 0.1) is 19.2 Å². The van der Waals surface area contributed by atoms with Gasteiger partial charge in [-0.1, -0.05) is 12.1 Å². The van der Waals surface area contributed by atoms with E-state index in [1.807, 2.05) is 41.1 Å². The smallest absolute Gasteiger partial charge is 0.276 e. The van der Waals surface area contributed by atoms with Crippen LogP contribution in [0.3, 0.4) is 0 Å². The summed E-state index contributed by atoms with van der Waals surface area (Å²) in [5, 5.41) is 11.3. The van der Waals surface area contributed by atoms with E-state index in [2.05, 4.69) is 10.4 Å². The molecule has 0 saturated heterocycles. The second-order valence-corrected chi connectivity index (χ2v) is 7.33. The monoisotopic (exact) mass is 408 g/mol. The molecule has 0 aliphatic rings. The fourth-order valence-electron chi connectivity index (χ4n) is 3.08. The Labute approximate surface area is 171 Å². The lowest BCUT2D eigenvalue weighted by atomic mass is 10.1. The maximum absolute atomic E-state index is 12.8. The molecule has 29 heavy (non-hydrogen) atoms. The Kier molecular flexibility index (Phi) is 5.44. The van der Waals surface area contributed by atoms with Crippen LogP contribution in [0.5, 0.6) is 5.75 Å². The summed E-state index contributed by atoms with van der Waals surface area (Å²) in [6, 6.07) is 11.2. The van der Waals surface area contributed by atoms with Crippen molar-refractivity contribution in [2.75, 3.05) is 13.7 Å². The molecule has 4 aromatic rings. The number of hydrogen-bond donors (Lipinski definition) is 1. The third kappa shape index (κ3) is 4.22. The summed E-state index contributed by atoms with van der Waals surface area (Å²) in [4.78, 5) is 24.8. The van der Waals surface area contributed by atoms with E-state index in [4.69, 9.17) is 4.74 Å². The maximum atomic E-state index is 12.8. The van der Waals surface area contributed by atoms with Crippen molar-refractivity contribution in [3.05, 3.63) is 75.5 Å². The van der Waals surface area contributed by atoms with Crippen molar-refractivity contribution in [2.45, 2.75) is 13.0 Å². The largest absolute Gasteiger partial charge is 0.497 e. The van der Waals surface area contributed by atoms with Crippen LogP contribution in [-0.4, -0.2) is 33.7 Å². The quantitative estimate of drug-likeness (QED) is 0.510. The Morgan fingerprint density at radius 1 is 1.24 bits per heavy atom. The van der Waals surface area contributed by atoms with E-state index in [0.29, 0.717) is 30.7 Å². The molecule has 3 aromatic heterocycles. The highest BCUT2D eigenvalue weighted by Crippen LogP contribution is 2.23. The fraction of sp³-hybridized carbons (Fsp3) is 0.190. The highest BCUT2D eigenvalue weighted by Gasteiger charge is 2.10. The van der Waals surface area contributed by atoms with Crippen LogP contribution in [-0.2, 0) is 17.8 Å². The van der Waals surface area contributed by atoms with Crippen LogP contribution in [0.25, 0.3) is 16.8 Å². The first-order valence-electron chi connectivity index (χ1n) is 9.15. The lowest BCUT2D eigenvalue weighted by Gasteiger charge is -2.07. The summed E-state index contributed by atoms with van der Waals surface area (Å²) >= 11 is 1.57. The number of carbonyl (C=O) groups is 1. The van der Waals surface area contributed by atoms with Gasteiger partial charge in [-0.05, 0) is 40.6 Å². The van der Waals surface area contributed by atoms with Crippen molar-refractivity contribution >= 4 is 22.8 Å². The molecule has 148 valence electrons. The van der Waals surface area contributed by atoms with E-state index in [-0.39, 0.29) is 11.5 Å². The molecule has 1 amide bonds. The summed E-state index contributed by atoms with van der Waals surface area (Å²) < 4.78 is 8.41. The summed E-state index contributed by atoms with van der Waals surface area (Å²) in [5.41, 5.74) is 2.90. The Morgan fingerprint density at radius 3 is 2.93 bits per heavy atom. The summed E-state index contributed by atoms with van der Waals surface area (Å²) in [6.45, 7) is 0.778. The van der Waals surface area contributed by atoms with Gasteiger partial charge in [-0.3, -0.25) is 9.59 Å². The topological polar surface area (TPSA) is 77.6 Å². The van der Waals surface area contributed by atoms with Crippen LogP contribution in [0.1, 0.15) is 5.56 Å². The number of benzene rings is 1. The first kappa shape index (κ1) is 18.9. The average Bonchev–Trinajstić information content (AvgIpc) is 3.40. The van der Waals surface area contributed by atoms with E-state index in [1.54, 1.807) is 46.0 Å². The Morgan fingerprint density at radius 2 is 2.14 bits per heavy atom. The number of rotatable bonds is 7. The molecule has 0 spiro atoms. The average molecular weight is 408 g/mol. The predicted molar refractivity (Wildman–Crippen MR) is 112 cm³/mol. The third-order valence-electron chi connectivity index (χ3n) is 4.59. The van der Waals surface area contributed by atoms with E-state index in [0.717, 1.165) is 16.9 Å². The van der Waals surface area contributed by atoms with E-state index in [1.165, 1.54) is 0 Å². The first-order valence-corrected chi connectivity index (χ1v) is 10.1. The first-order chi connectivity index (χ1) is 14.1. The number of nitrogens with one attached hydrogen (secondary N) is 1. The highest BCUT2D eigenvalue weighted by molar-refractivity contribution is 7.08. The van der Waals surface area contributed by atoms with Gasteiger partial charge in [0.15, 0.2) is 0 Å². The molecule has 4 rings (SSSR count). The lowest BCUT2D eigenvalue weighted by Crippen LogP contribution is -2.31.